The summed E-state index contributed by atoms with van der Waals surface area (Å²) in [7, 11) is -3.37. The molecular weight excluding hydrogens is 356 g/mol. The van der Waals surface area contributed by atoms with E-state index in [0.29, 0.717) is 37.6 Å². The van der Waals surface area contributed by atoms with Gasteiger partial charge in [-0.25, -0.2) is 8.42 Å². The van der Waals surface area contributed by atoms with Crippen molar-refractivity contribution < 1.29 is 13.2 Å². The lowest BCUT2D eigenvalue weighted by Crippen LogP contribution is -2.37. The van der Waals surface area contributed by atoms with Crippen LogP contribution in [0.2, 0.25) is 0 Å². The number of rotatable bonds is 7. The highest BCUT2D eigenvalue weighted by molar-refractivity contribution is 8.00. The maximum atomic E-state index is 12.7. The van der Waals surface area contributed by atoms with Gasteiger partial charge in [-0.15, -0.1) is 11.8 Å². The lowest BCUT2D eigenvalue weighted by Gasteiger charge is -2.30. The highest BCUT2D eigenvalue weighted by atomic mass is 32.2. The molecule has 1 aliphatic heterocycles. The van der Waals surface area contributed by atoms with Crippen molar-refractivity contribution in [2.45, 2.75) is 17.9 Å². The van der Waals surface area contributed by atoms with E-state index >= 15 is 0 Å². The van der Waals surface area contributed by atoms with Gasteiger partial charge in [-0.05, 0) is 30.2 Å². The van der Waals surface area contributed by atoms with E-state index < -0.39 is 10.0 Å². The molecule has 1 aliphatic rings. The second-order valence-corrected chi connectivity index (χ2v) is 9.01. The molecular formula is C18H22N2O3S2. The van der Waals surface area contributed by atoms with Gasteiger partial charge in [-0.3, -0.25) is 4.31 Å². The third-order valence-electron chi connectivity index (χ3n) is 3.94. The minimum Gasteiger partial charge on any atom is -0.399 e. The number of hydrogen-bond donors (Lipinski definition) is 1. The Balaban J connectivity index is 1.55. The lowest BCUT2D eigenvalue weighted by atomic mass is 10.2. The highest BCUT2D eigenvalue weighted by Crippen LogP contribution is 2.37. The fraction of sp³-hybridized carbons (Fsp3) is 0.333. The molecule has 0 radical (unpaired) electrons. The normalized spacial score (nSPS) is 14.3. The Morgan fingerprint density at radius 2 is 1.96 bits per heavy atom. The van der Waals surface area contributed by atoms with Crippen LogP contribution >= 0.6 is 11.8 Å². The van der Waals surface area contributed by atoms with Gasteiger partial charge in [0.15, 0.2) is 0 Å². The fourth-order valence-corrected chi connectivity index (χ4v) is 5.39. The Morgan fingerprint density at radius 3 is 2.76 bits per heavy atom. The van der Waals surface area contributed by atoms with E-state index in [4.69, 9.17) is 10.5 Å². The predicted octanol–water partition coefficient (Wildman–Crippen LogP) is 3.12. The third kappa shape index (κ3) is 4.68. The number of ether oxygens (including phenoxy) is 1. The van der Waals surface area contributed by atoms with Crippen molar-refractivity contribution >= 4 is 33.2 Å². The van der Waals surface area contributed by atoms with Crippen LogP contribution in [0.15, 0.2) is 53.4 Å². The standard InChI is InChI=1S/C18H22N2O3S2/c19-16-7-8-18-17(13-16)20(9-11-24-18)25(21,22)12-4-10-23-14-15-5-2-1-3-6-15/h1-3,5-8,13H,4,9-12,14,19H2. The maximum Gasteiger partial charge on any atom is 0.235 e. The van der Waals surface area contributed by atoms with Crippen LogP contribution < -0.4 is 10.0 Å². The van der Waals surface area contributed by atoms with Gasteiger partial charge in [0.05, 0.1) is 18.0 Å². The molecule has 0 saturated heterocycles. The first-order valence-electron chi connectivity index (χ1n) is 8.21. The molecule has 0 aromatic heterocycles. The summed E-state index contributed by atoms with van der Waals surface area (Å²) in [5, 5.41) is 0. The second-order valence-electron chi connectivity index (χ2n) is 5.86. The van der Waals surface area contributed by atoms with Crippen LogP contribution in [0.1, 0.15) is 12.0 Å². The third-order valence-corrected chi connectivity index (χ3v) is 6.84. The first kappa shape index (κ1) is 18.1. The quantitative estimate of drug-likeness (QED) is 0.592. The number of thioether (sulfide) groups is 1. The Labute approximate surface area is 153 Å². The van der Waals surface area contributed by atoms with Crippen molar-refractivity contribution in [1.29, 1.82) is 0 Å². The zero-order valence-corrected chi connectivity index (χ0v) is 15.6. The van der Waals surface area contributed by atoms with E-state index in [9.17, 15) is 8.42 Å². The number of nitrogens with two attached hydrogens (primary N) is 1. The van der Waals surface area contributed by atoms with Crippen molar-refractivity contribution in [1.82, 2.24) is 0 Å². The van der Waals surface area contributed by atoms with Crippen LogP contribution in [0.4, 0.5) is 11.4 Å². The molecule has 0 atom stereocenters. The van der Waals surface area contributed by atoms with Crippen molar-refractivity contribution in [2.75, 3.05) is 34.7 Å². The summed E-state index contributed by atoms with van der Waals surface area (Å²) >= 11 is 1.66. The summed E-state index contributed by atoms with van der Waals surface area (Å²) in [4.78, 5) is 0.962. The first-order chi connectivity index (χ1) is 12.1. The minimum absolute atomic E-state index is 0.0701. The predicted molar refractivity (Wildman–Crippen MR) is 103 cm³/mol. The summed E-state index contributed by atoms with van der Waals surface area (Å²) in [6.45, 7) is 1.40. The van der Waals surface area contributed by atoms with Crippen LogP contribution in [0.5, 0.6) is 0 Å². The fourth-order valence-electron chi connectivity index (χ4n) is 2.72. The van der Waals surface area contributed by atoms with Gasteiger partial charge in [-0.1, -0.05) is 30.3 Å². The molecule has 25 heavy (non-hydrogen) atoms. The molecule has 5 nitrogen and oxygen atoms in total. The molecule has 0 aliphatic carbocycles. The van der Waals surface area contributed by atoms with Gasteiger partial charge in [0.2, 0.25) is 10.0 Å². The maximum absolute atomic E-state index is 12.7. The van der Waals surface area contributed by atoms with E-state index in [-0.39, 0.29) is 5.75 Å². The molecule has 0 unspecified atom stereocenters. The Kier molecular flexibility index (Phi) is 5.88. The van der Waals surface area contributed by atoms with E-state index in [0.717, 1.165) is 16.2 Å². The SMILES string of the molecule is Nc1ccc2c(c1)N(S(=O)(=O)CCCOCc1ccccc1)CCS2. The summed E-state index contributed by atoms with van der Waals surface area (Å²) in [5.41, 5.74) is 8.19. The van der Waals surface area contributed by atoms with Crippen LogP contribution in [-0.4, -0.2) is 33.1 Å². The number of sulfonamides is 1. The van der Waals surface area contributed by atoms with E-state index in [1.54, 1.807) is 23.9 Å². The lowest BCUT2D eigenvalue weighted by molar-refractivity contribution is 0.122. The number of hydrogen-bond acceptors (Lipinski definition) is 5. The summed E-state index contributed by atoms with van der Waals surface area (Å²) < 4.78 is 32.5. The summed E-state index contributed by atoms with van der Waals surface area (Å²) in [6.07, 6.45) is 0.469. The zero-order chi connectivity index (χ0) is 17.7. The highest BCUT2D eigenvalue weighted by Gasteiger charge is 2.27. The van der Waals surface area contributed by atoms with Gasteiger partial charge in [-0.2, -0.15) is 0 Å². The molecule has 2 aromatic rings. The molecule has 7 heteroatoms. The van der Waals surface area contributed by atoms with Crippen LogP contribution in [0, 0.1) is 0 Å². The number of benzene rings is 2. The largest absolute Gasteiger partial charge is 0.399 e. The number of fused-ring (bicyclic) bond motifs is 1. The summed E-state index contributed by atoms with van der Waals surface area (Å²) in [6, 6.07) is 15.3. The van der Waals surface area contributed by atoms with Crippen LogP contribution in [0.3, 0.4) is 0 Å². The average molecular weight is 379 g/mol. The van der Waals surface area contributed by atoms with Gasteiger partial charge >= 0.3 is 0 Å². The van der Waals surface area contributed by atoms with Gasteiger partial charge in [0.1, 0.15) is 0 Å². The van der Waals surface area contributed by atoms with Gasteiger partial charge in [0, 0.05) is 29.5 Å². The number of anilines is 2. The molecule has 0 spiro atoms. The topological polar surface area (TPSA) is 72.6 Å². The molecule has 2 aromatic carbocycles. The van der Waals surface area contributed by atoms with E-state index in [1.165, 1.54) is 4.31 Å². The molecule has 2 N–H and O–H groups in total. The van der Waals surface area contributed by atoms with E-state index in [1.807, 2.05) is 36.4 Å². The molecule has 134 valence electrons. The Bertz CT molecular complexity index is 810. The smallest absolute Gasteiger partial charge is 0.235 e. The second kappa shape index (κ2) is 8.12. The van der Waals surface area contributed by atoms with Crippen molar-refractivity contribution in [3.63, 3.8) is 0 Å². The van der Waals surface area contributed by atoms with Crippen molar-refractivity contribution in [3.05, 3.63) is 54.1 Å². The molecule has 0 amide bonds. The monoisotopic (exact) mass is 378 g/mol. The van der Waals surface area contributed by atoms with Gasteiger partial charge < -0.3 is 10.5 Å². The molecule has 0 bridgehead atoms. The molecule has 3 rings (SSSR count). The van der Waals surface area contributed by atoms with Crippen LogP contribution in [-0.2, 0) is 21.4 Å². The Morgan fingerprint density at radius 1 is 1.16 bits per heavy atom. The molecule has 1 heterocycles. The Hall–Kier alpha value is -1.70. The molecule has 0 fully saturated rings. The first-order valence-corrected chi connectivity index (χ1v) is 10.8. The van der Waals surface area contributed by atoms with Crippen molar-refractivity contribution in [3.8, 4) is 0 Å². The summed E-state index contributed by atoms with van der Waals surface area (Å²) in [5.74, 6) is 0.821. The minimum atomic E-state index is -3.37. The zero-order valence-electron chi connectivity index (χ0n) is 13.9. The van der Waals surface area contributed by atoms with E-state index in [2.05, 4.69) is 0 Å². The molecule has 0 saturated carbocycles. The van der Waals surface area contributed by atoms with Crippen LogP contribution in [0.25, 0.3) is 0 Å². The average Bonchev–Trinajstić information content (AvgIpc) is 2.61. The number of nitrogen functional groups attached to an aromatic ring is 1. The van der Waals surface area contributed by atoms with Gasteiger partial charge in [0.25, 0.3) is 0 Å². The van der Waals surface area contributed by atoms with Crippen molar-refractivity contribution in [2.24, 2.45) is 0 Å². The number of nitrogens with zero attached hydrogens (tertiary/aromatic N) is 1.